The van der Waals surface area contributed by atoms with E-state index in [4.69, 9.17) is 0 Å². The summed E-state index contributed by atoms with van der Waals surface area (Å²) in [5.74, 6) is 0.307. The van der Waals surface area contributed by atoms with E-state index in [1.807, 2.05) is 18.2 Å². The third-order valence-corrected chi connectivity index (χ3v) is 5.16. The summed E-state index contributed by atoms with van der Waals surface area (Å²) in [6.45, 7) is 4.00. The summed E-state index contributed by atoms with van der Waals surface area (Å²) in [5.41, 5.74) is 1.25. The van der Waals surface area contributed by atoms with Crippen LogP contribution in [-0.4, -0.2) is 40.4 Å². The molecule has 1 aromatic rings. The molecule has 1 heterocycles. The Balaban J connectivity index is 1.78. The summed E-state index contributed by atoms with van der Waals surface area (Å²) in [5, 5.41) is 20.2. The van der Waals surface area contributed by atoms with Crippen molar-refractivity contribution in [1.29, 1.82) is 0 Å². The minimum Gasteiger partial charge on any atom is -0.395 e. The fraction of sp³-hybridized carbons (Fsp3) is 0.700. The van der Waals surface area contributed by atoms with Crippen molar-refractivity contribution < 1.29 is 10.2 Å². The average Bonchev–Trinajstić information content (AvgIpc) is 2.86. The van der Waals surface area contributed by atoms with Gasteiger partial charge in [0.1, 0.15) is 0 Å². The number of hydrogen-bond donors (Lipinski definition) is 2. The second-order valence-electron chi connectivity index (χ2n) is 6.97. The molecule has 0 amide bonds. The highest BCUT2D eigenvalue weighted by molar-refractivity contribution is 5.15. The van der Waals surface area contributed by atoms with Gasteiger partial charge in [-0.2, -0.15) is 0 Å². The van der Waals surface area contributed by atoms with Crippen LogP contribution in [0.3, 0.4) is 0 Å². The monoisotopic (exact) mass is 319 g/mol. The number of aliphatic hydroxyl groups excluding tert-OH is 2. The molecule has 1 aliphatic heterocycles. The van der Waals surface area contributed by atoms with E-state index in [2.05, 4.69) is 24.0 Å². The number of nitrogens with zero attached hydrogens (tertiary/aromatic N) is 1. The molecule has 1 saturated heterocycles. The molecule has 0 aliphatic carbocycles. The van der Waals surface area contributed by atoms with Crippen LogP contribution < -0.4 is 0 Å². The molecule has 0 spiro atoms. The lowest BCUT2D eigenvalue weighted by Crippen LogP contribution is -2.38. The van der Waals surface area contributed by atoms with Crippen molar-refractivity contribution in [2.24, 2.45) is 5.92 Å². The molecule has 3 atom stereocenters. The number of benzene rings is 1. The number of hydrogen-bond acceptors (Lipinski definition) is 3. The largest absolute Gasteiger partial charge is 0.395 e. The van der Waals surface area contributed by atoms with Crippen molar-refractivity contribution in [2.75, 3.05) is 13.2 Å². The second-order valence-corrected chi connectivity index (χ2v) is 6.97. The summed E-state index contributed by atoms with van der Waals surface area (Å²) in [7, 11) is 0. The van der Waals surface area contributed by atoms with E-state index in [0.717, 1.165) is 19.5 Å². The van der Waals surface area contributed by atoms with E-state index in [1.165, 1.54) is 44.1 Å². The van der Waals surface area contributed by atoms with Gasteiger partial charge in [0.15, 0.2) is 0 Å². The first-order chi connectivity index (χ1) is 11.3. The van der Waals surface area contributed by atoms with Gasteiger partial charge in [-0.3, -0.25) is 4.90 Å². The van der Waals surface area contributed by atoms with E-state index in [-0.39, 0.29) is 18.8 Å². The van der Waals surface area contributed by atoms with Crippen molar-refractivity contribution in [1.82, 2.24) is 4.90 Å². The van der Waals surface area contributed by atoms with Crippen molar-refractivity contribution in [3.05, 3.63) is 35.9 Å². The molecule has 0 unspecified atom stereocenters. The standard InChI is InChI=1S/C20H33NO2/c1-2-3-4-5-6-10-13-18-15-21(19(16-22)20(18)23)14-17-11-8-7-9-12-17/h7-9,11-12,18-20,22-23H,2-6,10,13-16H2,1H3/t18-,19-,20+/m0/s1. The molecule has 2 rings (SSSR count). The maximum absolute atomic E-state index is 10.5. The van der Waals surface area contributed by atoms with E-state index in [0.29, 0.717) is 5.92 Å². The highest BCUT2D eigenvalue weighted by Gasteiger charge is 2.39. The average molecular weight is 319 g/mol. The van der Waals surface area contributed by atoms with E-state index in [1.54, 1.807) is 0 Å². The molecule has 2 N–H and O–H groups in total. The molecule has 23 heavy (non-hydrogen) atoms. The zero-order chi connectivity index (χ0) is 16.5. The van der Waals surface area contributed by atoms with Crippen LogP contribution in [0, 0.1) is 5.92 Å². The molecule has 1 aliphatic rings. The van der Waals surface area contributed by atoms with Gasteiger partial charge >= 0.3 is 0 Å². The zero-order valence-corrected chi connectivity index (χ0v) is 14.5. The Labute approximate surface area is 141 Å². The normalized spacial score (nSPS) is 25.1. The van der Waals surface area contributed by atoms with Gasteiger partial charge in [-0.25, -0.2) is 0 Å². The smallest absolute Gasteiger partial charge is 0.0758 e. The summed E-state index contributed by atoms with van der Waals surface area (Å²) in [4.78, 5) is 2.25. The summed E-state index contributed by atoms with van der Waals surface area (Å²) < 4.78 is 0. The first-order valence-electron chi connectivity index (χ1n) is 9.33. The summed E-state index contributed by atoms with van der Waals surface area (Å²) >= 11 is 0. The molecular formula is C20H33NO2. The van der Waals surface area contributed by atoms with Crippen molar-refractivity contribution >= 4 is 0 Å². The third kappa shape index (κ3) is 5.59. The lowest BCUT2D eigenvalue weighted by molar-refractivity contribution is 0.0543. The lowest BCUT2D eigenvalue weighted by atomic mass is 9.95. The third-order valence-electron chi connectivity index (χ3n) is 5.16. The second kappa shape index (κ2) is 10.1. The van der Waals surface area contributed by atoms with Crippen molar-refractivity contribution in [3.63, 3.8) is 0 Å². The Bertz CT molecular complexity index is 423. The van der Waals surface area contributed by atoms with Gasteiger partial charge in [-0.1, -0.05) is 75.8 Å². The SMILES string of the molecule is CCCCCCCC[C@H]1CN(Cc2ccccc2)[C@@H](CO)[C@@H]1O. The Kier molecular flexibility index (Phi) is 8.07. The molecule has 130 valence electrons. The molecule has 1 aromatic carbocycles. The van der Waals surface area contributed by atoms with Crippen LogP contribution in [0.1, 0.15) is 57.4 Å². The Morgan fingerprint density at radius 1 is 1.04 bits per heavy atom. The van der Waals surface area contributed by atoms with Gasteiger partial charge < -0.3 is 10.2 Å². The fourth-order valence-electron chi connectivity index (χ4n) is 3.75. The topological polar surface area (TPSA) is 43.7 Å². The van der Waals surface area contributed by atoms with E-state index < -0.39 is 0 Å². The predicted octanol–water partition coefficient (Wildman–Crippen LogP) is 3.59. The van der Waals surface area contributed by atoms with E-state index >= 15 is 0 Å². The van der Waals surface area contributed by atoms with Crippen LogP contribution in [0.4, 0.5) is 0 Å². The van der Waals surface area contributed by atoms with Crippen LogP contribution in [0.15, 0.2) is 30.3 Å². The zero-order valence-electron chi connectivity index (χ0n) is 14.5. The maximum Gasteiger partial charge on any atom is 0.0758 e. The summed E-state index contributed by atoms with van der Waals surface area (Å²) in [6, 6.07) is 10.2. The van der Waals surface area contributed by atoms with Crippen LogP contribution in [0.25, 0.3) is 0 Å². The highest BCUT2D eigenvalue weighted by Crippen LogP contribution is 2.29. The Morgan fingerprint density at radius 2 is 1.74 bits per heavy atom. The number of aliphatic hydroxyl groups is 2. The predicted molar refractivity (Wildman–Crippen MR) is 95.2 cm³/mol. The first kappa shape index (κ1) is 18.4. The van der Waals surface area contributed by atoms with Gasteiger partial charge in [0.2, 0.25) is 0 Å². The number of unbranched alkanes of at least 4 members (excludes halogenated alkanes) is 5. The number of likely N-dealkylation sites (tertiary alicyclic amines) is 1. The molecule has 3 nitrogen and oxygen atoms in total. The molecule has 1 fully saturated rings. The fourth-order valence-corrected chi connectivity index (χ4v) is 3.75. The van der Waals surface area contributed by atoms with Crippen molar-refractivity contribution in [2.45, 2.75) is 70.6 Å². The van der Waals surface area contributed by atoms with Crippen LogP contribution in [-0.2, 0) is 6.54 Å². The van der Waals surface area contributed by atoms with Gasteiger partial charge in [0, 0.05) is 13.1 Å². The quantitative estimate of drug-likeness (QED) is 0.648. The van der Waals surface area contributed by atoms with Crippen LogP contribution in [0.2, 0.25) is 0 Å². The van der Waals surface area contributed by atoms with Crippen LogP contribution in [0.5, 0.6) is 0 Å². The van der Waals surface area contributed by atoms with Gasteiger partial charge in [-0.05, 0) is 17.9 Å². The Hall–Kier alpha value is -0.900. The Morgan fingerprint density at radius 3 is 2.43 bits per heavy atom. The number of rotatable bonds is 10. The molecule has 0 bridgehead atoms. The maximum atomic E-state index is 10.5. The summed E-state index contributed by atoms with van der Waals surface area (Å²) in [6.07, 6.45) is 8.43. The molecule has 3 heteroatoms. The minimum absolute atomic E-state index is 0.0427. The first-order valence-corrected chi connectivity index (χ1v) is 9.33. The lowest BCUT2D eigenvalue weighted by Gasteiger charge is -2.24. The highest BCUT2D eigenvalue weighted by atomic mass is 16.3. The molecule has 0 radical (unpaired) electrons. The van der Waals surface area contributed by atoms with Gasteiger partial charge in [0.25, 0.3) is 0 Å². The van der Waals surface area contributed by atoms with Crippen molar-refractivity contribution in [3.8, 4) is 0 Å². The van der Waals surface area contributed by atoms with Crippen LogP contribution >= 0.6 is 0 Å². The van der Waals surface area contributed by atoms with Gasteiger partial charge in [-0.15, -0.1) is 0 Å². The minimum atomic E-state index is -0.389. The molecule has 0 saturated carbocycles. The molecular weight excluding hydrogens is 286 g/mol. The van der Waals surface area contributed by atoms with Gasteiger partial charge in [0.05, 0.1) is 18.8 Å². The van der Waals surface area contributed by atoms with E-state index in [9.17, 15) is 10.2 Å². The molecule has 0 aromatic heterocycles.